The molecule has 3 N–H and O–H groups in total. The third-order valence-corrected chi connectivity index (χ3v) is 11.0. The molecule has 3 aromatic heterocycles. The van der Waals surface area contributed by atoms with Gasteiger partial charge in [-0.1, -0.05) is 24.3 Å². The Labute approximate surface area is 260 Å². The number of thiophene rings is 1. The first-order valence-electron chi connectivity index (χ1n) is 14.4. The van der Waals surface area contributed by atoms with E-state index in [-0.39, 0.29) is 36.4 Å². The molecule has 0 saturated carbocycles. The number of aryl methyl sites for hydroxylation is 2. The van der Waals surface area contributed by atoms with Crippen molar-refractivity contribution in [2.24, 2.45) is 7.05 Å². The molecule has 11 nitrogen and oxygen atoms in total. The van der Waals surface area contributed by atoms with Gasteiger partial charge in [0.25, 0.3) is 0 Å². The number of carboxylic acid groups (broad SMARTS) is 1. The zero-order valence-corrected chi connectivity index (χ0v) is 26.6. The molecule has 0 amide bonds. The minimum atomic E-state index is -3.49. The molecule has 1 aliphatic heterocycles. The predicted molar refractivity (Wildman–Crippen MR) is 171 cm³/mol. The van der Waals surface area contributed by atoms with Gasteiger partial charge in [-0.25, -0.2) is 4.68 Å². The van der Waals surface area contributed by atoms with Gasteiger partial charge in [-0.05, 0) is 77.6 Å². The van der Waals surface area contributed by atoms with Crippen LogP contribution in [-0.4, -0.2) is 63.7 Å². The van der Waals surface area contributed by atoms with Crippen LogP contribution < -0.4 is 9.47 Å². The molecule has 1 aliphatic rings. The Kier molecular flexibility index (Phi) is 8.24. The van der Waals surface area contributed by atoms with Crippen LogP contribution in [0.15, 0.2) is 52.7 Å². The van der Waals surface area contributed by atoms with E-state index < -0.39 is 22.7 Å². The highest BCUT2D eigenvalue weighted by Crippen LogP contribution is 2.57. The number of pyridine rings is 1. The number of fused-ring (bicyclic) bond motifs is 3. The molecule has 232 valence electrons. The molecule has 6 rings (SSSR count). The second kappa shape index (κ2) is 12.0. The Hall–Kier alpha value is -3.75. The first-order chi connectivity index (χ1) is 21.1. The van der Waals surface area contributed by atoms with Crippen molar-refractivity contribution < 1.29 is 28.5 Å². The highest BCUT2D eigenvalue weighted by atomic mass is 32.3. The van der Waals surface area contributed by atoms with Gasteiger partial charge in [-0.15, -0.1) is 27.2 Å². The number of hydrogen-bond donors (Lipinski definition) is 3. The minimum absolute atomic E-state index is 0.118. The van der Waals surface area contributed by atoms with Crippen LogP contribution in [0.2, 0.25) is 0 Å². The maximum atomic E-state index is 12.2. The lowest BCUT2D eigenvalue weighted by Crippen LogP contribution is -2.34. The van der Waals surface area contributed by atoms with Gasteiger partial charge >= 0.3 is 5.97 Å². The third-order valence-electron chi connectivity index (χ3n) is 8.12. The highest BCUT2D eigenvalue weighted by Gasteiger charge is 2.36. The summed E-state index contributed by atoms with van der Waals surface area (Å²) in [4.78, 5) is 16.8. The first kappa shape index (κ1) is 30.3. The van der Waals surface area contributed by atoms with E-state index in [1.54, 1.807) is 32.5 Å². The van der Waals surface area contributed by atoms with E-state index in [1.807, 2.05) is 63.5 Å². The van der Waals surface area contributed by atoms with Gasteiger partial charge < -0.3 is 14.6 Å². The van der Waals surface area contributed by atoms with Gasteiger partial charge in [0.1, 0.15) is 16.5 Å². The molecule has 0 fully saturated rings. The van der Waals surface area contributed by atoms with Crippen LogP contribution in [0.25, 0.3) is 21.1 Å². The first-order valence-corrected chi connectivity index (χ1v) is 16.8. The number of hydrogen-bond acceptors (Lipinski definition) is 10. The van der Waals surface area contributed by atoms with E-state index in [4.69, 9.17) is 9.47 Å². The average molecular weight is 638 g/mol. The molecule has 0 aliphatic carbocycles. The van der Waals surface area contributed by atoms with Crippen molar-refractivity contribution in [1.29, 1.82) is 0 Å². The molecule has 0 spiro atoms. The van der Waals surface area contributed by atoms with Crippen molar-refractivity contribution in [3.8, 4) is 11.8 Å². The molecule has 5 aromatic rings. The van der Waals surface area contributed by atoms with E-state index in [1.165, 1.54) is 0 Å². The molecule has 0 unspecified atom stereocenters. The van der Waals surface area contributed by atoms with Crippen LogP contribution in [0.3, 0.4) is 0 Å². The Bertz CT molecular complexity index is 1850. The Balaban J connectivity index is 1.44. The van der Waals surface area contributed by atoms with Gasteiger partial charge in [-0.2, -0.15) is 9.29 Å². The highest BCUT2D eigenvalue weighted by molar-refractivity contribution is 8.22. The molecule has 44 heavy (non-hydrogen) atoms. The standard InChI is InChI=1S/C31H35N5O6S2/c1-5-22-17-36(44(39,40)26-9-10-27(41-6-2)32-31(26)42-22)16-21-14-20(13-19-11-12-43-30(19)21)24(15-28(37)38)23-7-8-25-29(18(23)3)33-34-35(25)4/h7-14,22,24,39-40H,5-6,15-17H2,1-4H3,(H,37,38)/t22-,24+/m1/s1. The fourth-order valence-corrected chi connectivity index (χ4v) is 8.30. The van der Waals surface area contributed by atoms with Crippen molar-refractivity contribution in [3.63, 3.8) is 0 Å². The quantitative estimate of drug-likeness (QED) is 0.162. The number of benzene rings is 2. The fraction of sp³-hybridized carbons (Fsp3) is 0.355. The molecule has 0 bridgehead atoms. The summed E-state index contributed by atoms with van der Waals surface area (Å²) in [7, 11) is -1.67. The Morgan fingerprint density at radius 3 is 2.77 bits per heavy atom. The fourth-order valence-electron chi connectivity index (χ4n) is 5.86. The topological polar surface area (TPSA) is 143 Å². The summed E-state index contributed by atoms with van der Waals surface area (Å²) in [5.41, 5.74) is 5.06. The van der Waals surface area contributed by atoms with Crippen LogP contribution in [-0.2, 0) is 18.4 Å². The van der Waals surface area contributed by atoms with Crippen LogP contribution in [0, 0.1) is 6.92 Å². The third kappa shape index (κ3) is 5.50. The van der Waals surface area contributed by atoms with Crippen LogP contribution in [0.5, 0.6) is 11.8 Å². The molecule has 2 atom stereocenters. The van der Waals surface area contributed by atoms with Gasteiger partial charge in [0.05, 0.1) is 25.1 Å². The molecular formula is C31H35N5O6S2. The maximum Gasteiger partial charge on any atom is 0.304 e. The van der Waals surface area contributed by atoms with Crippen LogP contribution in [0.4, 0.5) is 0 Å². The summed E-state index contributed by atoms with van der Waals surface area (Å²) in [6.45, 7) is 6.68. The number of aliphatic carboxylic acids is 1. The SMILES string of the molecule is CCOc1ccc2c(n1)O[C@H](CC)CN(Cc1cc([C@H](CC(=O)O)c3ccc4c(nnn4C)c3C)cc3ccsc13)S2(O)O. The molecule has 0 saturated heterocycles. The molecule has 0 radical (unpaired) electrons. The van der Waals surface area contributed by atoms with E-state index in [9.17, 15) is 19.0 Å². The second-order valence-corrected chi connectivity index (χ2v) is 13.8. The zero-order valence-electron chi connectivity index (χ0n) is 24.9. The second-order valence-electron chi connectivity index (χ2n) is 10.9. The summed E-state index contributed by atoms with van der Waals surface area (Å²) in [5, 5.41) is 21.4. The maximum absolute atomic E-state index is 12.2. The molecule has 2 aromatic carbocycles. The number of carbonyl (C=O) groups is 1. The lowest BCUT2D eigenvalue weighted by atomic mass is 9.84. The van der Waals surface area contributed by atoms with Crippen LogP contribution in [0.1, 0.15) is 54.9 Å². The number of carboxylic acids is 1. The average Bonchev–Trinajstić information content (AvgIpc) is 3.60. The molecule has 4 heterocycles. The lowest BCUT2D eigenvalue weighted by molar-refractivity contribution is -0.137. The summed E-state index contributed by atoms with van der Waals surface area (Å²) < 4.78 is 39.5. The van der Waals surface area contributed by atoms with Gasteiger partial charge in [0.15, 0.2) is 0 Å². The van der Waals surface area contributed by atoms with Crippen molar-refractivity contribution in [2.45, 2.75) is 57.1 Å². The summed E-state index contributed by atoms with van der Waals surface area (Å²) in [5.74, 6) is -0.852. The predicted octanol–water partition coefficient (Wildman–Crippen LogP) is 6.59. The lowest BCUT2D eigenvalue weighted by Gasteiger charge is -2.41. The Morgan fingerprint density at radius 1 is 1.20 bits per heavy atom. The number of nitrogens with zero attached hydrogens (tertiary/aromatic N) is 5. The largest absolute Gasteiger partial charge is 0.481 e. The Morgan fingerprint density at radius 2 is 2.02 bits per heavy atom. The summed E-state index contributed by atoms with van der Waals surface area (Å²) in [6.07, 6.45) is 0.175. The number of rotatable bonds is 9. The smallest absolute Gasteiger partial charge is 0.304 e. The summed E-state index contributed by atoms with van der Waals surface area (Å²) >= 11 is 1.57. The molecular weight excluding hydrogens is 603 g/mol. The number of ether oxygens (including phenoxy) is 2. The van der Waals surface area contributed by atoms with Crippen molar-refractivity contribution in [1.82, 2.24) is 24.3 Å². The van der Waals surface area contributed by atoms with Crippen molar-refractivity contribution >= 4 is 49.2 Å². The monoisotopic (exact) mass is 637 g/mol. The van der Waals surface area contributed by atoms with E-state index in [0.717, 1.165) is 43.4 Å². The molecule has 13 heteroatoms. The van der Waals surface area contributed by atoms with Crippen molar-refractivity contribution in [2.75, 3.05) is 13.2 Å². The van der Waals surface area contributed by atoms with Crippen molar-refractivity contribution in [3.05, 3.63) is 70.1 Å². The van der Waals surface area contributed by atoms with E-state index in [0.29, 0.717) is 18.9 Å². The van der Waals surface area contributed by atoms with E-state index in [2.05, 4.69) is 15.3 Å². The minimum Gasteiger partial charge on any atom is -0.481 e. The van der Waals surface area contributed by atoms with Crippen LogP contribution >= 0.6 is 22.1 Å². The summed E-state index contributed by atoms with van der Waals surface area (Å²) in [6, 6.07) is 13.2. The zero-order chi connectivity index (χ0) is 31.2. The van der Waals surface area contributed by atoms with Gasteiger partial charge in [-0.3, -0.25) is 13.9 Å². The number of aromatic nitrogens is 4. The van der Waals surface area contributed by atoms with E-state index >= 15 is 0 Å². The van der Waals surface area contributed by atoms with Gasteiger partial charge in [0, 0.05) is 30.3 Å². The van der Waals surface area contributed by atoms with Gasteiger partial charge in [0.2, 0.25) is 11.8 Å². The normalized spacial score (nSPS) is 18.0.